The van der Waals surface area contributed by atoms with Crippen molar-refractivity contribution in [2.45, 2.75) is 25.4 Å². The molecule has 3 atom stereocenters. The van der Waals surface area contributed by atoms with Crippen LogP contribution in [0.3, 0.4) is 0 Å². The summed E-state index contributed by atoms with van der Waals surface area (Å²) in [5.74, 6) is 3.40. The van der Waals surface area contributed by atoms with Crippen LogP contribution in [0.5, 0.6) is 5.75 Å². The molecule has 36 heavy (non-hydrogen) atoms. The van der Waals surface area contributed by atoms with Crippen LogP contribution in [0.25, 0.3) is 10.9 Å². The van der Waals surface area contributed by atoms with Crippen molar-refractivity contribution in [1.82, 2.24) is 9.88 Å². The summed E-state index contributed by atoms with van der Waals surface area (Å²) in [5.41, 5.74) is 1.47. The number of carboxylic acids is 1. The number of hydrogen-bond acceptors (Lipinski definition) is 5. The predicted octanol–water partition coefficient (Wildman–Crippen LogP) is 4.41. The van der Waals surface area contributed by atoms with Crippen molar-refractivity contribution >= 4 is 16.9 Å². The highest BCUT2D eigenvalue weighted by atomic mass is 19.1. The molecule has 0 spiro atoms. The lowest BCUT2D eigenvalue weighted by Crippen LogP contribution is -2.44. The van der Waals surface area contributed by atoms with Gasteiger partial charge in [-0.1, -0.05) is 11.8 Å². The van der Waals surface area contributed by atoms with E-state index >= 15 is 0 Å². The van der Waals surface area contributed by atoms with Crippen molar-refractivity contribution < 1.29 is 28.5 Å². The van der Waals surface area contributed by atoms with Crippen LogP contribution in [0.15, 0.2) is 48.7 Å². The molecule has 0 saturated carbocycles. The number of rotatable bonds is 7. The smallest absolute Gasteiger partial charge is 0.308 e. The molecule has 1 unspecified atom stereocenters. The maximum absolute atomic E-state index is 13.8. The molecule has 188 valence electrons. The zero-order valence-corrected chi connectivity index (χ0v) is 20.0. The van der Waals surface area contributed by atoms with E-state index in [2.05, 4.69) is 16.8 Å². The first-order valence-corrected chi connectivity index (χ1v) is 11.9. The largest absolute Gasteiger partial charge is 0.497 e. The van der Waals surface area contributed by atoms with Gasteiger partial charge >= 0.3 is 5.97 Å². The molecule has 1 saturated heterocycles. The first kappa shape index (κ1) is 25.5. The summed E-state index contributed by atoms with van der Waals surface area (Å²) < 4.78 is 32.4. The van der Waals surface area contributed by atoms with Gasteiger partial charge in [-0.05, 0) is 79.8 Å². The van der Waals surface area contributed by atoms with Crippen molar-refractivity contribution in [2.75, 3.05) is 26.7 Å². The molecule has 3 aromatic rings. The second-order valence-corrected chi connectivity index (χ2v) is 9.03. The Labute approximate surface area is 208 Å². The summed E-state index contributed by atoms with van der Waals surface area (Å²) in [6, 6.07) is 10.4. The van der Waals surface area contributed by atoms with Crippen LogP contribution in [0.1, 0.15) is 36.5 Å². The molecule has 0 aliphatic carbocycles. The molecule has 0 amide bonds. The standard InChI is InChI=1S/C28H28F2N2O4/c1-36-21-6-8-26-23(16-21)22(10-12-31-26)27(33)9-4-18-11-14-32(17-24(18)28(34)35)13-2-3-19-15-20(29)5-7-25(19)30/h5-8,10,12,15-16,18,24,27,33H,4,9,11,13-14,17H2,1H3,(H,34,35)/t18-,24+,27?/m1/s1. The molecule has 1 fully saturated rings. The van der Waals surface area contributed by atoms with Gasteiger partial charge in [-0.3, -0.25) is 14.7 Å². The molecule has 2 aromatic carbocycles. The first-order valence-electron chi connectivity index (χ1n) is 11.9. The summed E-state index contributed by atoms with van der Waals surface area (Å²) in [5, 5.41) is 21.6. The molecule has 0 bridgehead atoms. The molecule has 8 heteroatoms. The van der Waals surface area contributed by atoms with Crippen molar-refractivity contribution in [3.05, 3.63) is 71.4 Å². The number of carboxylic acid groups (broad SMARTS) is 1. The zero-order valence-electron chi connectivity index (χ0n) is 20.0. The lowest BCUT2D eigenvalue weighted by atomic mass is 9.81. The van der Waals surface area contributed by atoms with Gasteiger partial charge in [-0.2, -0.15) is 0 Å². The van der Waals surface area contributed by atoms with Crippen LogP contribution < -0.4 is 4.74 Å². The molecule has 0 radical (unpaired) electrons. The van der Waals surface area contributed by atoms with E-state index in [1.54, 1.807) is 19.4 Å². The fourth-order valence-corrected chi connectivity index (χ4v) is 4.77. The molecule has 6 nitrogen and oxygen atoms in total. The lowest BCUT2D eigenvalue weighted by molar-refractivity contribution is -0.146. The lowest BCUT2D eigenvalue weighted by Gasteiger charge is -2.36. The van der Waals surface area contributed by atoms with Gasteiger partial charge in [-0.15, -0.1) is 0 Å². The van der Waals surface area contributed by atoms with E-state index in [1.165, 1.54) is 0 Å². The highest BCUT2D eigenvalue weighted by molar-refractivity contribution is 5.83. The highest BCUT2D eigenvalue weighted by Gasteiger charge is 2.34. The van der Waals surface area contributed by atoms with Gasteiger partial charge in [0.1, 0.15) is 17.4 Å². The quantitative estimate of drug-likeness (QED) is 0.474. The number of pyridine rings is 1. The number of nitrogens with zero attached hydrogens (tertiary/aromatic N) is 2. The second-order valence-electron chi connectivity index (χ2n) is 9.03. The summed E-state index contributed by atoms with van der Waals surface area (Å²) in [4.78, 5) is 18.3. The maximum atomic E-state index is 13.8. The minimum absolute atomic E-state index is 0.0186. The second kappa shape index (κ2) is 11.5. The number of aliphatic carboxylic acids is 1. The Morgan fingerprint density at radius 2 is 2.08 bits per heavy atom. The number of aromatic nitrogens is 1. The first-order chi connectivity index (χ1) is 17.4. The monoisotopic (exact) mass is 494 g/mol. The van der Waals surface area contributed by atoms with Gasteiger partial charge in [-0.25, -0.2) is 8.78 Å². The van der Waals surface area contributed by atoms with E-state index in [0.717, 1.165) is 34.7 Å². The Hall–Kier alpha value is -3.54. The van der Waals surface area contributed by atoms with E-state index in [1.807, 2.05) is 23.1 Å². The van der Waals surface area contributed by atoms with E-state index in [9.17, 15) is 23.8 Å². The Morgan fingerprint density at radius 1 is 1.25 bits per heavy atom. The van der Waals surface area contributed by atoms with Gasteiger partial charge in [0.2, 0.25) is 0 Å². The zero-order chi connectivity index (χ0) is 25.7. The predicted molar refractivity (Wildman–Crippen MR) is 131 cm³/mol. The molecular weight excluding hydrogens is 466 g/mol. The number of aliphatic hydroxyl groups excluding tert-OH is 1. The molecule has 1 aliphatic rings. The number of aliphatic hydroxyl groups is 1. The third kappa shape index (κ3) is 5.99. The van der Waals surface area contributed by atoms with Crippen LogP contribution in [0.4, 0.5) is 8.78 Å². The van der Waals surface area contributed by atoms with Gasteiger partial charge in [0.15, 0.2) is 0 Å². The number of hydrogen-bond donors (Lipinski definition) is 2. The van der Waals surface area contributed by atoms with Crippen molar-refractivity contribution in [3.63, 3.8) is 0 Å². The molecule has 1 aliphatic heterocycles. The molecule has 4 rings (SSSR count). The summed E-state index contributed by atoms with van der Waals surface area (Å²) >= 11 is 0. The van der Waals surface area contributed by atoms with Crippen molar-refractivity contribution in [2.24, 2.45) is 11.8 Å². The third-order valence-electron chi connectivity index (χ3n) is 6.76. The van der Waals surface area contributed by atoms with Gasteiger partial charge in [0.25, 0.3) is 0 Å². The molecular formula is C28H28F2N2O4. The van der Waals surface area contributed by atoms with Crippen LogP contribution >= 0.6 is 0 Å². The number of piperidine rings is 1. The van der Waals surface area contributed by atoms with Crippen LogP contribution in [0, 0.1) is 35.3 Å². The van der Waals surface area contributed by atoms with E-state index in [-0.39, 0.29) is 18.0 Å². The Morgan fingerprint density at radius 3 is 2.86 bits per heavy atom. The van der Waals surface area contributed by atoms with Crippen molar-refractivity contribution in [1.29, 1.82) is 0 Å². The minimum atomic E-state index is -0.887. The SMILES string of the molecule is COc1ccc2nccc(C(O)CC[C@@H]3CCN(CC#Cc4cc(F)ccc4F)C[C@@H]3C(=O)O)c2c1. The molecule has 1 aromatic heterocycles. The normalized spacial score (nSPS) is 18.9. The number of likely N-dealkylation sites (tertiary alicyclic amines) is 1. The van der Waals surface area contributed by atoms with E-state index in [0.29, 0.717) is 38.1 Å². The molecule has 2 heterocycles. The fourth-order valence-electron chi connectivity index (χ4n) is 4.77. The Bertz CT molecular complexity index is 1300. The average Bonchev–Trinajstić information content (AvgIpc) is 2.88. The number of benzene rings is 2. The average molecular weight is 495 g/mol. The Kier molecular flexibility index (Phi) is 8.14. The number of ether oxygens (including phenoxy) is 1. The number of carbonyl (C=O) groups is 1. The Balaban J connectivity index is 1.38. The van der Waals surface area contributed by atoms with Crippen LogP contribution in [-0.2, 0) is 4.79 Å². The summed E-state index contributed by atoms with van der Waals surface area (Å²) in [6.07, 6.45) is 2.51. The summed E-state index contributed by atoms with van der Waals surface area (Å²) in [6.45, 7) is 1.21. The highest BCUT2D eigenvalue weighted by Crippen LogP contribution is 2.33. The summed E-state index contributed by atoms with van der Waals surface area (Å²) in [7, 11) is 1.58. The minimum Gasteiger partial charge on any atom is -0.497 e. The molecule has 2 N–H and O–H groups in total. The van der Waals surface area contributed by atoms with E-state index in [4.69, 9.17) is 4.74 Å². The fraction of sp³-hybridized carbons (Fsp3) is 0.357. The number of methoxy groups -OCH3 is 1. The van der Waals surface area contributed by atoms with Crippen LogP contribution in [0.2, 0.25) is 0 Å². The van der Waals surface area contributed by atoms with Crippen molar-refractivity contribution in [3.8, 4) is 17.6 Å². The number of fused-ring (bicyclic) bond motifs is 1. The number of halogens is 2. The topological polar surface area (TPSA) is 82.9 Å². The van der Waals surface area contributed by atoms with Gasteiger partial charge in [0.05, 0.1) is 36.8 Å². The van der Waals surface area contributed by atoms with Crippen LogP contribution in [-0.4, -0.2) is 52.8 Å². The van der Waals surface area contributed by atoms with E-state index < -0.39 is 29.6 Å². The maximum Gasteiger partial charge on any atom is 0.308 e. The van der Waals surface area contributed by atoms with Gasteiger partial charge in [0, 0.05) is 18.1 Å². The van der Waals surface area contributed by atoms with Gasteiger partial charge < -0.3 is 14.9 Å². The third-order valence-corrected chi connectivity index (χ3v) is 6.76.